The molecule has 0 bridgehead atoms. The summed E-state index contributed by atoms with van der Waals surface area (Å²) in [7, 11) is 1.35. The van der Waals surface area contributed by atoms with Gasteiger partial charge in [0.15, 0.2) is 0 Å². The van der Waals surface area contributed by atoms with Gasteiger partial charge in [-0.15, -0.1) is 0 Å². The highest BCUT2D eigenvalue weighted by atomic mass is 35.5. The van der Waals surface area contributed by atoms with Gasteiger partial charge < -0.3 is 9.47 Å². The molecular formula is C14H11ClO3. The minimum atomic E-state index is -0.368. The Hall–Kier alpha value is -2.00. The molecule has 3 nitrogen and oxygen atoms in total. The largest absolute Gasteiger partial charge is 0.465 e. The van der Waals surface area contributed by atoms with Crippen molar-refractivity contribution in [3.05, 3.63) is 59.1 Å². The van der Waals surface area contributed by atoms with Crippen molar-refractivity contribution in [1.82, 2.24) is 0 Å². The second-order valence-electron chi connectivity index (χ2n) is 3.57. The highest BCUT2D eigenvalue weighted by Gasteiger charge is 2.05. The molecule has 0 spiro atoms. The summed E-state index contributed by atoms with van der Waals surface area (Å²) in [6.45, 7) is 0. The summed E-state index contributed by atoms with van der Waals surface area (Å²) in [6.07, 6.45) is 0. The van der Waals surface area contributed by atoms with Crippen molar-refractivity contribution in [3.63, 3.8) is 0 Å². The van der Waals surface area contributed by atoms with Crippen LogP contribution in [0.3, 0.4) is 0 Å². The summed E-state index contributed by atoms with van der Waals surface area (Å²) < 4.78 is 10.2. The molecule has 0 atom stereocenters. The number of ether oxygens (including phenoxy) is 2. The minimum Gasteiger partial charge on any atom is -0.465 e. The Morgan fingerprint density at radius 1 is 0.944 bits per heavy atom. The number of halogens is 1. The Kier molecular flexibility index (Phi) is 3.85. The van der Waals surface area contributed by atoms with Gasteiger partial charge in [-0.05, 0) is 48.5 Å². The standard InChI is InChI=1S/C14H11ClO3/c1-17-14(16)10-2-6-12(7-3-10)18-13-8-4-11(15)5-9-13/h2-9H,1H3. The van der Waals surface area contributed by atoms with E-state index in [-0.39, 0.29) is 5.97 Å². The lowest BCUT2D eigenvalue weighted by Gasteiger charge is -2.06. The zero-order valence-electron chi connectivity index (χ0n) is 9.72. The fourth-order valence-electron chi connectivity index (χ4n) is 1.42. The maximum atomic E-state index is 11.2. The summed E-state index contributed by atoms with van der Waals surface area (Å²) in [4.78, 5) is 11.2. The van der Waals surface area contributed by atoms with E-state index in [1.807, 2.05) is 0 Å². The summed E-state index contributed by atoms with van der Waals surface area (Å²) >= 11 is 5.78. The van der Waals surface area contributed by atoms with Crippen LogP contribution >= 0.6 is 11.6 Å². The van der Waals surface area contributed by atoms with E-state index in [2.05, 4.69) is 4.74 Å². The van der Waals surface area contributed by atoms with Gasteiger partial charge in [-0.2, -0.15) is 0 Å². The number of hydrogen-bond donors (Lipinski definition) is 0. The predicted molar refractivity (Wildman–Crippen MR) is 69.3 cm³/mol. The second kappa shape index (κ2) is 5.56. The molecule has 0 saturated carbocycles. The molecule has 0 aromatic heterocycles. The van der Waals surface area contributed by atoms with Crippen LogP contribution in [0, 0.1) is 0 Å². The van der Waals surface area contributed by atoms with Gasteiger partial charge in [0.2, 0.25) is 0 Å². The maximum absolute atomic E-state index is 11.2. The van der Waals surface area contributed by atoms with E-state index in [1.54, 1.807) is 48.5 Å². The lowest BCUT2D eigenvalue weighted by Crippen LogP contribution is -2.00. The van der Waals surface area contributed by atoms with Crippen LogP contribution in [-0.2, 0) is 4.74 Å². The Morgan fingerprint density at radius 3 is 1.94 bits per heavy atom. The molecule has 0 aliphatic rings. The molecule has 0 heterocycles. The minimum absolute atomic E-state index is 0.368. The van der Waals surface area contributed by atoms with Crippen molar-refractivity contribution in [3.8, 4) is 11.5 Å². The van der Waals surface area contributed by atoms with Crippen LogP contribution in [-0.4, -0.2) is 13.1 Å². The van der Waals surface area contributed by atoms with E-state index in [0.29, 0.717) is 22.1 Å². The van der Waals surface area contributed by atoms with E-state index >= 15 is 0 Å². The van der Waals surface area contributed by atoms with Crippen LogP contribution in [0.25, 0.3) is 0 Å². The first-order valence-electron chi connectivity index (χ1n) is 5.31. The fourth-order valence-corrected chi connectivity index (χ4v) is 1.54. The number of rotatable bonds is 3. The van der Waals surface area contributed by atoms with Crippen LogP contribution in [0.15, 0.2) is 48.5 Å². The fraction of sp³-hybridized carbons (Fsp3) is 0.0714. The average Bonchev–Trinajstić information content (AvgIpc) is 2.41. The normalized spacial score (nSPS) is 9.89. The number of methoxy groups -OCH3 is 1. The van der Waals surface area contributed by atoms with Gasteiger partial charge in [0.1, 0.15) is 11.5 Å². The predicted octanol–water partition coefficient (Wildman–Crippen LogP) is 3.92. The molecule has 0 amide bonds. The van der Waals surface area contributed by atoms with E-state index in [4.69, 9.17) is 16.3 Å². The van der Waals surface area contributed by atoms with Gasteiger partial charge in [-0.3, -0.25) is 0 Å². The van der Waals surface area contributed by atoms with E-state index in [9.17, 15) is 4.79 Å². The zero-order chi connectivity index (χ0) is 13.0. The van der Waals surface area contributed by atoms with Gasteiger partial charge in [0.05, 0.1) is 12.7 Å². The van der Waals surface area contributed by atoms with Crippen molar-refractivity contribution in [1.29, 1.82) is 0 Å². The molecule has 0 unspecified atom stereocenters. The number of esters is 1. The van der Waals surface area contributed by atoms with Crippen molar-refractivity contribution < 1.29 is 14.3 Å². The molecule has 92 valence electrons. The third kappa shape index (κ3) is 3.02. The summed E-state index contributed by atoms with van der Waals surface area (Å²) in [5.41, 5.74) is 0.487. The van der Waals surface area contributed by atoms with Crippen molar-refractivity contribution >= 4 is 17.6 Å². The number of hydrogen-bond acceptors (Lipinski definition) is 3. The molecule has 0 radical (unpaired) electrons. The highest BCUT2D eigenvalue weighted by Crippen LogP contribution is 2.23. The lowest BCUT2D eigenvalue weighted by molar-refractivity contribution is 0.0600. The molecule has 0 aliphatic heterocycles. The molecule has 2 aromatic rings. The summed E-state index contributed by atoms with van der Waals surface area (Å²) in [6, 6.07) is 13.8. The van der Waals surface area contributed by atoms with Gasteiger partial charge in [-0.1, -0.05) is 11.6 Å². The molecular weight excluding hydrogens is 252 g/mol. The van der Waals surface area contributed by atoms with E-state index in [1.165, 1.54) is 7.11 Å². The van der Waals surface area contributed by atoms with Crippen LogP contribution in [0.4, 0.5) is 0 Å². The second-order valence-corrected chi connectivity index (χ2v) is 4.01. The van der Waals surface area contributed by atoms with Crippen LogP contribution in [0.5, 0.6) is 11.5 Å². The molecule has 2 rings (SSSR count). The SMILES string of the molecule is COC(=O)c1ccc(Oc2ccc(Cl)cc2)cc1. The third-order valence-corrected chi connectivity index (χ3v) is 2.58. The number of benzene rings is 2. The van der Waals surface area contributed by atoms with Gasteiger partial charge >= 0.3 is 5.97 Å². The first-order valence-corrected chi connectivity index (χ1v) is 5.68. The Labute approximate surface area is 110 Å². The Bertz CT molecular complexity index is 532. The Balaban J connectivity index is 2.10. The quantitative estimate of drug-likeness (QED) is 0.787. The number of carbonyl (C=O) groups excluding carboxylic acids is 1. The van der Waals surface area contributed by atoms with Gasteiger partial charge in [0, 0.05) is 5.02 Å². The summed E-state index contributed by atoms with van der Waals surface area (Å²) in [5.74, 6) is 0.961. The van der Waals surface area contributed by atoms with Gasteiger partial charge in [-0.25, -0.2) is 4.79 Å². The summed E-state index contributed by atoms with van der Waals surface area (Å²) in [5, 5.41) is 0.656. The molecule has 2 aromatic carbocycles. The van der Waals surface area contributed by atoms with Crippen molar-refractivity contribution in [2.45, 2.75) is 0 Å². The van der Waals surface area contributed by atoms with Crippen molar-refractivity contribution in [2.75, 3.05) is 7.11 Å². The first-order chi connectivity index (χ1) is 8.69. The smallest absolute Gasteiger partial charge is 0.337 e. The van der Waals surface area contributed by atoms with E-state index in [0.717, 1.165) is 0 Å². The molecule has 0 saturated heterocycles. The van der Waals surface area contributed by atoms with Crippen LogP contribution in [0.1, 0.15) is 10.4 Å². The van der Waals surface area contributed by atoms with Crippen LogP contribution < -0.4 is 4.74 Å². The first kappa shape index (κ1) is 12.5. The maximum Gasteiger partial charge on any atom is 0.337 e. The van der Waals surface area contributed by atoms with Crippen LogP contribution in [0.2, 0.25) is 5.02 Å². The number of carbonyl (C=O) groups is 1. The lowest BCUT2D eigenvalue weighted by atomic mass is 10.2. The molecule has 0 fully saturated rings. The average molecular weight is 263 g/mol. The highest BCUT2D eigenvalue weighted by molar-refractivity contribution is 6.30. The molecule has 0 N–H and O–H groups in total. The van der Waals surface area contributed by atoms with E-state index < -0.39 is 0 Å². The zero-order valence-corrected chi connectivity index (χ0v) is 10.5. The Morgan fingerprint density at radius 2 is 1.44 bits per heavy atom. The molecule has 18 heavy (non-hydrogen) atoms. The van der Waals surface area contributed by atoms with Crippen molar-refractivity contribution in [2.24, 2.45) is 0 Å². The monoisotopic (exact) mass is 262 g/mol. The molecule has 4 heteroatoms. The van der Waals surface area contributed by atoms with Gasteiger partial charge in [0.25, 0.3) is 0 Å². The third-order valence-electron chi connectivity index (χ3n) is 2.32. The molecule has 0 aliphatic carbocycles. The topological polar surface area (TPSA) is 35.5 Å².